The highest BCUT2D eigenvalue weighted by molar-refractivity contribution is 6.67. The van der Waals surface area contributed by atoms with Gasteiger partial charge in [0.25, 0.3) is 0 Å². The predicted octanol–water partition coefficient (Wildman–Crippen LogP) is 2.48. The molecule has 0 bridgehead atoms. The Hall–Kier alpha value is -6.78. The van der Waals surface area contributed by atoms with Gasteiger partial charge >= 0.3 is 0 Å². The minimum atomic E-state index is 0.616. The summed E-state index contributed by atoms with van der Waals surface area (Å²) in [6.45, 7) is 0. The van der Waals surface area contributed by atoms with Crippen LogP contribution in [0.3, 0.4) is 0 Å². The summed E-state index contributed by atoms with van der Waals surface area (Å²) in [5, 5.41) is 4.66. The molecule has 0 N–H and O–H groups in total. The van der Waals surface area contributed by atoms with Crippen molar-refractivity contribution in [3.8, 4) is 67.5 Å². The standard InChI is InChI=1S/C49H37B6N3O/c50-39-35(29-11-3-1-4-12-29)41(52)45-36(37-40(51)42(53)43(54)44(55)46(37)59-45)38(39)49-57-47(30-13-5-2-6-14-30)56-48(58-49)34-17-9-16-32(25-34)27-18-20-28(21-19-27)33-23-22-26-10-7-8-15-31(26)24-33/h1-25H,50-55H2. The van der Waals surface area contributed by atoms with Gasteiger partial charge in [-0.2, -0.15) is 0 Å². The Kier molecular flexibility index (Phi) is 9.02. The van der Waals surface area contributed by atoms with Gasteiger partial charge in [0.2, 0.25) is 0 Å². The zero-order chi connectivity index (χ0) is 40.4. The van der Waals surface area contributed by atoms with Crippen molar-refractivity contribution >= 4 is 113 Å². The number of fused-ring (bicyclic) bond motifs is 4. The molecule has 0 amide bonds. The molecule has 0 radical (unpaired) electrons. The van der Waals surface area contributed by atoms with Crippen LogP contribution in [0, 0.1) is 0 Å². The molecule has 0 saturated heterocycles. The first-order valence-corrected chi connectivity index (χ1v) is 20.3. The summed E-state index contributed by atoms with van der Waals surface area (Å²) in [5.74, 6) is 1.86. The van der Waals surface area contributed by atoms with Gasteiger partial charge < -0.3 is 4.42 Å². The quantitative estimate of drug-likeness (QED) is 0.246. The fourth-order valence-electron chi connectivity index (χ4n) is 8.90. The summed E-state index contributed by atoms with van der Waals surface area (Å²) < 4.78 is 6.99. The van der Waals surface area contributed by atoms with E-state index < -0.39 is 0 Å². The molecule has 0 aliphatic carbocycles. The molecule has 4 nitrogen and oxygen atoms in total. The summed E-state index contributed by atoms with van der Waals surface area (Å²) in [6, 6.07) is 53.3. The zero-order valence-corrected chi connectivity index (χ0v) is 34.2. The largest absolute Gasteiger partial charge is 0.457 e. The van der Waals surface area contributed by atoms with Crippen LogP contribution in [0.25, 0.3) is 100 Å². The van der Waals surface area contributed by atoms with Crippen molar-refractivity contribution in [2.45, 2.75) is 0 Å². The summed E-state index contributed by atoms with van der Waals surface area (Å²) in [7, 11) is 13.2. The maximum atomic E-state index is 6.99. The summed E-state index contributed by atoms with van der Waals surface area (Å²) in [5.41, 5.74) is 18.6. The Morgan fingerprint density at radius 3 is 1.51 bits per heavy atom. The Morgan fingerprint density at radius 1 is 0.305 bits per heavy atom. The van der Waals surface area contributed by atoms with Crippen molar-refractivity contribution in [3.05, 3.63) is 152 Å². The molecule has 59 heavy (non-hydrogen) atoms. The second kappa shape index (κ2) is 14.6. The molecule has 0 saturated carbocycles. The second-order valence-electron chi connectivity index (χ2n) is 15.8. The average molecular weight is 749 g/mol. The SMILES string of the molecule is Bc1c(B)c(B)c2c(oc3c(B)c(-c4ccccc4)c(B)c(-c4nc(-c5ccccc5)nc(-c5cccc(-c6ccc(-c7ccc8ccccc8c7)cc6)c5)n4)c32)c1B. The van der Waals surface area contributed by atoms with Gasteiger partial charge in [-0.15, -0.1) is 5.46 Å². The molecular weight excluding hydrogens is 711 g/mol. The smallest absolute Gasteiger partial charge is 0.164 e. The number of hydrogen-bond acceptors (Lipinski definition) is 4. The molecule has 0 aliphatic heterocycles. The molecule has 0 atom stereocenters. The van der Waals surface area contributed by atoms with E-state index in [4.69, 9.17) is 19.4 Å². The van der Waals surface area contributed by atoms with E-state index in [1.165, 1.54) is 38.3 Å². The number of nitrogens with zero attached hydrogens (tertiary/aromatic N) is 3. The molecular formula is C49H37B6N3O. The van der Waals surface area contributed by atoms with E-state index in [-0.39, 0.29) is 0 Å². The Balaban J connectivity index is 1.18. The number of hydrogen-bond donors (Lipinski definition) is 0. The van der Waals surface area contributed by atoms with Gasteiger partial charge in [0.15, 0.2) is 17.5 Å². The van der Waals surface area contributed by atoms with Crippen molar-refractivity contribution in [2.75, 3.05) is 0 Å². The molecule has 8 aromatic carbocycles. The maximum absolute atomic E-state index is 6.99. The minimum absolute atomic E-state index is 0.616. The molecule has 0 unspecified atom stereocenters. The molecule has 10 heteroatoms. The molecule has 2 aromatic heterocycles. The van der Waals surface area contributed by atoms with E-state index in [1.54, 1.807) is 0 Å². The lowest BCUT2D eigenvalue weighted by atomic mass is 9.65. The molecule has 272 valence electrons. The number of rotatable bonds is 6. The monoisotopic (exact) mass is 749 g/mol. The number of furan rings is 1. The van der Waals surface area contributed by atoms with Crippen LogP contribution in [-0.2, 0) is 0 Å². The fourth-order valence-corrected chi connectivity index (χ4v) is 8.90. The Morgan fingerprint density at radius 2 is 0.814 bits per heavy atom. The van der Waals surface area contributed by atoms with E-state index in [2.05, 4.69) is 181 Å². The van der Waals surface area contributed by atoms with Crippen LogP contribution in [0.4, 0.5) is 0 Å². The molecule has 0 fully saturated rings. The summed E-state index contributed by atoms with van der Waals surface area (Å²) >= 11 is 0. The van der Waals surface area contributed by atoms with Crippen molar-refractivity contribution < 1.29 is 4.42 Å². The summed E-state index contributed by atoms with van der Waals surface area (Å²) in [4.78, 5) is 15.9. The van der Waals surface area contributed by atoms with Gasteiger partial charge in [0, 0.05) is 27.5 Å². The lowest BCUT2D eigenvalue weighted by molar-refractivity contribution is 0.675. The predicted molar refractivity (Wildman–Crippen MR) is 266 cm³/mol. The number of aromatic nitrogens is 3. The Labute approximate surface area is 349 Å². The third kappa shape index (κ3) is 6.22. The number of benzene rings is 8. The van der Waals surface area contributed by atoms with Gasteiger partial charge in [-0.05, 0) is 61.7 Å². The van der Waals surface area contributed by atoms with Gasteiger partial charge in [-0.25, -0.2) is 15.0 Å². The van der Waals surface area contributed by atoms with E-state index >= 15 is 0 Å². The zero-order valence-electron chi connectivity index (χ0n) is 34.2. The normalized spacial score (nSPS) is 11.5. The Bertz CT molecular complexity index is 3280. The van der Waals surface area contributed by atoms with Crippen LogP contribution in [0.2, 0.25) is 0 Å². The first kappa shape index (κ1) is 36.6. The van der Waals surface area contributed by atoms with Crippen LogP contribution >= 0.6 is 0 Å². The maximum Gasteiger partial charge on any atom is 0.164 e. The van der Waals surface area contributed by atoms with Crippen LogP contribution < -0.4 is 32.8 Å². The highest BCUT2D eigenvalue weighted by atomic mass is 16.3. The van der Waals surface area contributed by atoms with Crippen molar-refractivity contribution in [3.63, 3.8) is 0 Å². The van der Waals surface area contributed by atoms with Crippen LogP contribution in [0.1, 0.15) is 0 Å². The van der Waals surface area contributed by atoms with E-state index in [9.17, 15) is 0 Å². The van der Waals surface area contributed by atoms with Crippen LogP contribution in [-0.4, -0.2) is 62.0 Å². The van der Waals surface area contributed by atoms with Gasteiger partial charge in [0.1, 0.15) is 58.2 Å². The lowest BCUT2D eigenvalue weighted by Gasteiger charge is -2.18. The average Bonchev–Trinajstić information content (AvgIpc) is 3.69. The molecule has 10 aromatic rings. The van der Waals surface area contributed by atoms with Crippen molar-refractivity contribution in [1.29, 1.82) is 0 Å². The van der Waals surface area contributed by atoms with E-state index in [0.29, 0.717) is 17.5 Å². The minimum Gasteiger partial charge on any atom is -0.457 e. The molecule has 10 rings (SSSR count). The van der Waals surface area contributed by atoms with Gasteiger partial charge in [0.05, 0.1) is 0 Å². The lowest BCUT2D eigenvalue weighted by Crippen LogP contribution is -2.47. The van der Waals surface area contributed by atoms with Crippen molar-refractivity contribution in [1.82, 2.24) is 15.0 Å². The molecule has 0 aliphatic rings. The van der Waals surface area contributed by atoms with Gasteiger partial charge in [-0.1, -0.05) is 161 Å². The van der Waals surface area contributed by atoms with E-state index in [1.807, 2.05) is 18.2 Å². The van der Waals surface area contributed by atoms with Gasteiger partial charge in [-0.3, -0.25) is 0 Å². The highest BCUT2D eigenvalue weighted by Gasteiger charge is 2.27. The summed E-state index contributed by atoms with van der Waals surface area (Å²) in [6.07, 6.45) is 0. The third-order valence-electron chi connectivity index (χ3n) is 12.4. The highest BCUT2D eigenvalue weighted by Crippen LogP contribution is 2.37. The molecule has 2 heterocycles. The first-order valence-electron chi connectivity index (χ1n) is 20.3. The van der Waals surface area contributed by atoms with Crippen LogP contribution in [0.15, 0.2) is 156 Å². The third-order valence-corrected chi connectivity index (χ3v) is 12.4. The first-order chi connectivity index (χ1) is 28.7. The topological polar surface area (TPSA) is 51.8 Å². The fraction of sp³-hybridized carbons (Fsp3) is 0. The molecule has 0 spiro atoms. The second-order valence-corrected chi connectivity index (χ2v) is 15.8. The van der Waals surface area contributed by atoms with Crippen LogP contribution in [0.5, 0.6) is 0 Å². The van der Waals surface area contributed by atoms with Crippen molar-refractivity contribution in [2.24, 2.45) is 0 Å². The van der Waals surface area contributed by atoms with E-state index in [0.717, 1.165) is 77.3 Å².